The highest BCUT2D eigenvalue weighted by Gasteiger charge is 2.37. The number of thiophene rings is 2. The summed E-state index contributed by atoms with van der Waals surface area (Å²) in [6.07, 6.45) is 1.79. The Bertz CT molecular complexity index is 1160. The number of fused-ring (bicyclic) bond motifs is 1. The van der Waals surface area contributed by atoms with Crippen LogP contribution in [0, 0.1) is 6.92 Å². The topological polar surface area (TPSA) is 43.9 Å². The number of amides is 2. The molecule has 2 aliphatic rings. The summed E-state index contributed by atoms with van der Waals surface area (Å²) in [5.41, 5.74) is 3.88. The van der Waals surface area contributed by atoms with E-state index in [1.807, 2.05) is 38.6 Å². The molecular weight excluding hydrogens is 462 g/mol. The summed E-state index contributed by atoms with van der Waals surface area (Å²) in [5.74, 6) is 0.251. The Morgan fingerprint density at radius 2 is 1.68 bits per heavy atom. The fourth-order valence-corrected chi connectivity index (χ4v) is 6.89. The number of nitrogens with zero attached hydrogens (tertiary/aromatic N) is 3. The minimum Gasteiger partial charge on any atom is -0.340 e. The van der Waals surface area contributed by atoms with Crippen LogP contribution in [-0.2, 0) is 11.2 Å². The zero-order valence-electron chi connectivity index (χ0n) is 19.8. The number of rotatable bonds is 4. The lowest BCUT2D eigenvalue weighted by Crippen LogP contribution is -2.51. The van der Waals surface area contributed by atoms with Gasteiger partial charge >= 0.3 is 0 Å². The van der Waals surface area contributed by atoms with E-state index in [0.717, 1.165) is 24.3 Å². The molecule has 178 valence electrons. The van der Waals surface area contributed by atoms with Crippen LogP contribution >= 0.6 is 22.7 Å². The molecule has 2 aromatic heterocycles. The van der Waals surface area contributed by atoms with Gasteiger partial charge in [-0.2, -0.15) is 0 Å². The van der Waals surface area contributed by atoms with Crippen molar-refractivity contribution in [1.29, 1.82) is 0 Å². The fraction of sp³-hybridized carbons (Fsp3) is 0.407. The van der Waals surface area contributed by atoms with Gasteiger partial charge in [0.05, 0.1) is 17.0 Å². The monoisotopic (exact) mass is 493 g/mol. The summed E-state index contributed by atoms with van der Waals surface area (Å²) in [5, 5.41) is 4.12. The van der Waals surface area contributed by atoms with Crippen molar-refractivity contribution in [3.63, 3.8) is 0 Å². The molecule has 2 atom stereocenters. The predicted molar refractivity (Wildman–Crippen MR) is 139 cm³/mol. The maximum absolute atomic E-state index is 13.8. The lowest BCUT2D eigenvalue weighted by Gasteiger charge is -2.41. The minimum absolute atomic E-state index is 0.0815. The smallest absolute Gasteiger partial charge is 0.263 e. The normalized spacial score (nSPS) is 20.0. The molecule has 0 spiro atoms. The van der Waals surface area contributed by atoms with Crippen molar-refractivity contribution in [2.24, 2.45) is 0 Å². The van der Waals surface area contributed by atoms with Crippen LogP contribution in [0.1, 0.15) is 50.6 Å². The van der Waals surface area contributed by atoms with Gasteiger partial charge < -0.3 is 9.80 Å². The highest BCUT2D eigenvalue weighted by Crippen LogP contribution is 2.40. The Kier molecular flexibility index (Phi) is 6.86. The van der Waals surface area contributed by atoms with Gasteiger partial charge in [0.2, 0.25) is 5.91 Å². The van der Waals surface area contributed by atoms with E-state index < -0.39 is 0 Å². The first-order chi connectivity index (χ1) is 16.5. The number of hydrogen-bond acceptors (Lipinski definition) is 5. The van der Waals surface area contributed by atoms with Crippen molar-refractivity contribution >= 4 is 34.5 Å². The Labute approximate surface area is 209 Å². The average Bonchev–Trinajstić information content (AvgIpc) is 3.50. The van der Waals surface area contributed by atoms with Crippen LogP contribution in [0.3, 0.4) is 0 Å². The van der Waals surface area contributed by atoms with Crippen molar-refractivity contribution in [1.82, 2.24) is 14.7 Å². The van der Waals surface area contributed by atoms with E-state index in [2.05, 4.69) is 54.5 Å². The van der Waals surface area contributed by atoms with Crippen LogP contribution in [0.4, 0.5) is 0 Å². The van der Waals surface area contributed by atoms with E-state index in [0.29, 0.717) is 26.2 Å². The maximum atomic E-state index is 13.8. The first-order valence-corrected chi connectivity index (χ1v) is 13.8. The number of benzene rings is 1. The SMILES string of the molecule is Cc1ccccc1[C@H]1c2ccsc2CCN1[C@@H](C)C(=O)N1CCCN(C(=O)c2cccs2)CC1. The third kappa shape index (κ3) is 4.44. The van der Waals surface area contributed by atoms with E-state index in [4.69, 9.17) is 0 Å². The van der Waals surface area contributed by atoms with Crippen LogP contribution in [-0.4, -0.2) is 65.3 Å². The van der Waals surface area contributed by atoms with Gasteiger partial charge in [-0.15, -0.1) is 22.7 Å². The molecule has 3 aromatic rings. The van der Waals surface area contributed by atoms with E-state index in [9.17, 15) is 9.59 Å². The van der Waals surface area contributed by atoms with Crippen molar-refractivity contribution in [2.45, 2.75) is 38.8 Å². The summed E-state index contributed by atoms with van der Waals surface area (Å²) in [7, 11) is 0. The molecule has 7 heteroatoms. The third-order valence-electron chi connectivity index (χ3n) is 7.17. The summed E-state index contributed by atoms with van der Waals surface area (Å²) in [6.45, 7) is 7.67. The summed E-state index contributed by atoms with van der Waals surface area (Å²) >= 11 is 3.30. The molecule has 4 heterocycles. The second-order valence-electron chi connectivity index (χ2n) is 9.17. The molecule has 0 N–H and O–H groups in total. The van der Waals surface area contributed by atoms with Crippen molar-refractivity contribution in [3.8, 4) is 0 Å². The third-order valence-corrected chi connectivity index (χ3v) is 9.02. The number of carbonyl (C=O) groups excluding carboxylic acids is 2. The summed E-state index contributed by atoms with van der Waals surface area (Å²) in [6, 6.07) is 14.4. The molecular formula is C27H31N3O2S2. The zero-order valence-corrected chi connectivity index (χ0v) is 21.4. The average molecular weight is 494 g/mol. The minimum atomic E-state index is -0.225. The van der Waals surface area contributed by atoms with E-state index >= 15 is 0 Å². The van der Waals surface area contributed by atoms with E-state index in [1.165, 1.54) is 32.9 Å². The van der Waals surface area contributed by atoms with Gasteiger partial charge in [-0.1, -0.05) is 30.3 Å². The summed E-state index contributed by atoms with van der Waals surface area (Å²) < 4.78 is 0. The highest BCUT2D eigenvalue weighted by atomic mass is 32.1. The first kappa shape index (κ1) is 23.3. The lowest BCUT2D eigenvalue weighted by molar-refractivity contribution is -0.137. The molecule has 2 aliphatic heterocycles. The van der Waals surface area contributed by atoms with E-state index in [1.54, 1.807) is 0 Å². The fourth-order valence-electron chi connectivity index (χ4n) is 5.30. The van der Waals surface area contributed by atoms with Gasteiger partial charge in [0.25, 0.3) is 5.91 Å². The molecule has 0 bridgehead atoms. The number of hydrogen-bond donors (Lipinski definition) is 0. The second kappa shape index (κ2) is 10.0. The van der Waals surface area contributed by atoms with Gasteiger partial charge in [0.15, 0.2) is 0 Å². The number of carbonyl (C=O) groups is 2. The molecule has 0 radical (unpaired) electrons. The molecule has 34 heavy (non-hydrogen) atoms. The maximum Gasteiger partial charge on any atom is 0.263 e. The van der Waals surface area contributed by atoms with Gasteiger partial charge in [0.1, 0.15) is 0 Å². The quantitative estimate of drug-likeness (QED) is 0.523. The Balaban J connectivity index is 1.34. The van der Waals surface area contributed by atoms with Crippen LogP contribution < -0.4 is 0 Å². The van der Waals surface area contributed by atoms with Gasteiger partial charge in [-0.25, -0.2) is 0 Å². The Morgan fingerprint density at radius 1 is 0.882 bits per heavy atom. The molecule has 5 rings (SSSR count). The van der Waals surface area contributed by atoms with Crippen LogP contribution in [0.2, 0.25) is 0 Å². The first-order valence-electron chi connectivity index (χ1n) is 12.0. The van der Waals surface area contributed by atoms with Crippen LogP contribution in [0.25, 0.3) is 0 Å². The van der Waals surface area contributed by atoms with E-state index in [-0.39, 0.29) is 23.9 Å². The Hall–Kier alpha value is -2.48. The molecule has 0 aliphatic carbocycles. The molecule has 1 aromatic carbocycles. The molecule has 0 unspecified atom stereocenters. The van der Waals surface area contributed by atoms with Crippen LogP contribution in [0.5, 0.6) is 0 Å². The van der Waals surface area contributed by atoms with Gasteiger partial charge in [0, 0.05) is 37.6 Å². The van der Waals surface area contributed by atoms with Crippen LogP contribution in [0.15, 0.2) is 53.2 Å². The highest BCUT2D eigenvalue weighted by molar-refractivity contribution is 7.12. The van der Waals surface area contributed by atoms with Crippen molar-refractivity contribution in [2.75, 3.05) is 32.7 Å². The molecule has 2 amide bonds. The molecule has 1 saturated heterocycles. The molecule has 5 nitrogen and oxygen atoms in total. The van der Waals surface area contributed by atoms with Gasteiger partial charge in [-0.3, -0.25) is 14.5 Å². The van der Waals surface area contributed by atoms with Crippen molar-refractivity contribution < 1.29 is 9.59 Å². The standard InChI is InChI=1S/C27H31N3O2S2/c1-19-7-3-4-8-21(19)25-22-11-18-34-23(22)10-14-30(25)20(2)26(31)28-12-6-13-29(16-15-28)27(32)24-9-5-17-33-24/h3-5,7-9,11,17-18,20,25H,6,10,12-16H2,1-2H3/t20-,25-/m0/s1. The second-order valence-corrected chi connectivity index (χ2v) is 11.1. The van der Waals surface area contributed by atoms with Crippen molar-refractivity contribution in [3.05, 3.63) is 79.7 Å². The lowest BCUT2D eigenvalue weighted by atomic mass is 9.89. The summed E-state index contributed by atoms with van der Waals surface area (Å²) in [4.78, 5) is 35.0. The molecule has 1 fully saturated rings. The zero-order chi connectivity index (χ0) is 23.7. The largest absolute Gasteiger partial charge is 0.340 e. The number of aryl methyl sites for hydroxylation is 1. The molecule has 0 saturated carbocycles. The predicted octanol–water partition coefficient (Wildman–Crippen LogP) is 4.83. The Morgan fingerprint density at radius 3 is 2.47 bits per heavy atom. The van der Waals surface area contributed by atoms with Gasteiger partial charge in [-0.05, 0) is 66.3 Å².